The molecule has 1 aliphatic rings. The second-order valence-electron chi connectivity index (χ2n) is 6.76. The van der Waals surface area contributed by atoms with Gasteiger partial charge in [-0.05, 0) is 35.7 Å². The van der Waals surface area contributed by atoms with Gasteiger partial charge in [-0.2, -0.15) is 26.3 Å². The van der Waals surface area contributed by atoms with Crippen LogP contribution in [0.4, 0.5) is 26.3 Å². The normalized spacial score (nSPS) is 20.4. The molecule has 0 spiro atoms. The summed E-state index contributed by atoms with van der Waals surface area (Å²) < 4.78 is 83.7. The van der Waals surface area contributed by atoms with E-state index in [-0.39, 0.29) is 24.0 Å². The molecule has 3 nitrogen and oxygen atoms in total. The third kappa shape index (κ3) is 5.29. The first-order chi connectivity index (χ1) is 13.5. The zero-order valence-electron chi connectivity index (χ0n) is 15.0. The SMILES string of the molecule is O=C1CCC(OCc2cc(C(F)(F)F)cc(C(F)(F)F)c2)C(c2ccccc2)N1. The smallest absolute Gasteiger partial charge is 0.371 e. The van der Waals surface area contributed by atoms with Crippen molar-refractivity contribution in [2.75, 3.05) is 0 Å². The molecule has 3 rings (SSSR count). The van der Waals surface area contributed by atoms with Gasteiger partial charge in [-0.3, -0.25) is 4.79 Å². The van der Waals surface area contributed by atoms with Crippen LogP contribution in [-0.4, -0.2) is 12.0 Å². The van der Waals surface area contributed by atoms with Gasteiger partial charge >= 0.3 is 12.4 Å². The van der Waals surface area contributed by atoms with Crippen molar-refractivity contribution < 1.29 is 35.9 Å². The minimum Gasteiger partial charge on any atom is -0.371 e. The highest BCUT2D eigenvalue weighted by Crippen LogP contribution is 2.37. The first-order valence-corrected chi connectivity index (χ1v) is 8.78. The van der Waals surface area contributed by atoms with Crippen molar-refractivity contribution in [3.63, 3.8) is 0 Å². The van der Waals surface area contributed by atoms with E-state index < -0.39 is 42.2 Å². The second kappa shape index (κ2) is 8.06. The number of halogens is 6. The lowest BCUT2D eigenvalue weighted by Crippen LogP contribution is -2.42. The lowest BCUT2D eigenvalue weighted by molar-refractivity contribution is -0.143. The maximum Gasteiger partial charge on any atom is 0.416 e. The van der Waals surface area contributed by atoms with E-state index in [1.807, 2.05) is 0 Å². The van der Waals surface area contributed by atoms with Crippen molar-refractivity contribution in [1.29, 1.82) is 0 Å². The third-order valence-corrected chi connectivity index (χ3v) is 4.61. The van der Waals surface area contributed by atoms with Gasteiger partial charge in [0.05, 0.1) is 29.9 Å². The quantitative estimate of drug-likeness (QED) is 0.690. The highest BCUT2D eigenvalue weighted by atomic mass is 19.4. The summed E-state index contributed by atoms with van der Waals surface area (Å²) in [6, 6.07) is 9.66. The van der Waals surface area contributed by atoms with E-state index in [1.165, 1.54) is 0 Å². The molecule has 156 valence electrons. The summed E-state index contributed by atoms with van der Waals surface area (Å²) >= 11 is 0. The van der Waals surface area contributed by atoms with E-state index in [4.69, 9.17) is 4.74 Å². The van der Waals surface area contributed by atoms with Crippen molar-refractivity contribution >= 4 is 5.91 Å². The summed E-state index contributed by atoms with van der Waals surface area (Å²) in [7, 11) is 0. The van der Waals surface area contributed by atoms with Crippen molar-refractivity contribution in [2.45, 2.75) is 43.9 Å². The van der Waals surface area contributed by atoms with Gasteiger partial charge < -0.3 is 10.1 Å². The van der Waals surface area contributed by atoms with Gasteiger partial charge in [-0.15, -0.1) is 0 Å². The molecule has 29 heavy (non-hydrogen) atoms. The number of ether oxygens (including phenoxy) is 1. The molecule has 2 atom stereocenters. The Morgan fingerprint density at radius 2 is 1.52 bits per heavy atom. The highest BCUT2D eigenvalue weighted by Gasteiger charge is 2.37. The number of hydrogen-bond donors (Lipinski definition) is 1. The fraction of sp³-hybridized carbons (Fsp3) is 0.350. The summed E-state index contributed by atoms with van der Waals surface area (Å²) in [6.07, 6.45) is -9.96. The first kappa shape index (κ1) is 21.2. The molecular weight excluding hydrogens is 400 g/mol. The first-order valence-electron chi connectivity index (χ1n) is 8.78. The van der Waals surface area contributed by atoms with E-state index in [0.717, 1.165) is 5.56 Å². The Balaban J connectivity index is 1.83. The van der Waals surface area contributed by atoms with Crippen LogP contribution in [-0.2, 0) is 28.5 Å². The maximum atomic E-state index is 13.0. The Kier molecular flexibility index (Phi) is 5.88. The van der Waals surface area contributed by atoms with Gasteiger partial charge in [0, 0.05) is 6.42 Å². The predicted octanol–water partition coefficient (Wildman–Crippen LogP) is 5.26. The standard InChI is InChI=1S/C20H17F6NO2/c21-19(22,23)14-8-12(9-15(10-14)20(24,25)26)11-29-16-6-7-17(28)27-18(16)13-4-2-1-3-5-13/h1-5,8-10,16,18H,6-7,11H2,(H,27,28). The molecule has 1 amide bonds. The molecule has 2 unspecified atom stereocenters. The molecule has 9 heteroatoms. The van der Waals surface area contributed by atoms with Gasteiger partial charge in [0.25, 0.3) is 0 Å². The summed E-state index contributed by atoms with van der Waals surface area (Å²) in [6.45, 7) is -0.448. The third-order valence-electron chi connectivity index (χ3n) is 4.61. The van der Waals surface area contributed by atoms with E-state index in [9.17, 15) is 31.1 Å². The average molecular weight is 417 g/mol. The molecule has 1 fully saturated rings. The average Bonchev–Trinajstić information content (AvgIpc) is 2.66. The largest absolute Gasteiger partial charge is 0.416 e. The van der Waals surface area contributed by atoms with Gasteiger partial charge in [-0.1, -0.05) is 30.3 Å². The number of piperidine rings is 1. The topological polar surface area (TPSA) is 38.3 Å². The summed E-state index contributed by atoms with van der Waals surface area (Å²) in [5, 5.41) is 2.77. The molecule has 0 aromatic heterocycles. The van der Waals surface area contributed by atoms with Gasteiger partial charge in [0.15, 0.2) is 0 Å². The number of nitrogens with one attached hydrogen (secondary N) is 1. The van der Waals surface area contributed by atoms with E-state index in [0.29, 0.717) is 18.6 Å². The van der Waals surface area contributed by atoms with Crippen LogP contribution >= 0.6 is 0 Å². The van der Waals surface area contributed by atoms with Crippen molar-refractivity contribution in [3.8, 4) is 0 Å². The number of rotatable bonds is 4. The summed E-state index contributed by atoms with van der Waals surface area (Å²) in [5.74, 6) is -0.197. The maximum absolute atomic E-state index is 13.0. The molecule has 0 aliphatic carbocycles. The van der Waals surface area contributed by atoms with Crippen LogP contribution in [0.5, 0.6) is 0 Å². The molecule has 1 heterocycles. The molecule has 0 radical (unpaired) electrons. The lowest BCUT2D eigenvalue weighted by atomic mass is 9.94. The minimum absolute atomic E-state index is 0.0805. The monoisotopic (exact) mass is 417 g/mol. The molecule has 0 bridgehead atoms. The molecule has 2 aromatic rings. The van der Waals surface area contributed by atoms with E-state index >= 15 is 0 Å². The molecular formula is C20H17F6NO2. The number of carbonyl (C=O) groups excluding carboxylic acids is 1. The minimum atomic E-state index is -4.92. The fourth-order valence-corrected chi connectivity index (χ4v) is 3.22. The van der Waals surface area contributed by atoms with Crippen molar-refractivity contribution in [3.05, 3.63) is 70.8 Å². The van der Waals surface area contributed by atoms with E-state index in [1.54, 1.807) is 30.3 Å². The molecule has 1 aliphatic heterocycles. The predicted molar refractivity (Wildman–Crippen MR) is 91.6 cm³/mol. The Morgan fingerprint density at radius 3 is 2.07 bits per heavy atom. The zero-order valence-corrected chi connectivity index (χ0v) is 15.0. The molecule has 1 saturated heterocycles. The van der Waals surface area contributed by atoms with Gasteiger partial charge in [-0.25, -0.2) is 0 Å². The number of amides is 1. The van der Waals surface area contributed by atoms with Crippen LogP contribution in [0.25, 0.3) is 0 Å². The van der Waals surface area contributed by atoms with Crippen LogP contribution in [0.2, 0.25) is 0 Å². The van der Waals surface area contributed by atoms with Gasteiger partial charge in [0.2, 0.25) is 5.91 Å². The number of hydrogen-bond acceptors (Lipinski definition) is 2. The molecule has 1 N–H and O–H groups in total. The van der Waals surface area contributed by atoms with Crippen LogP contribution < -0.4 is 5.32 Å². The number of alkyl halides is 6. The van der Waals surface area contributed by atoms with Crippen LogP contribution in [0.1, 0.15) is 41.1 Å². The number of carbonyl (C=O) groups is 1. The van der Waals surface area contributed by atoms with Crippen molar-refractivity contribution in [2.24, 2.45) is 0 Å². The highest BCUT2D eigenvalue weighted by molar-refractivity contribution is 5.77. The molecule has 2 aromatic carbocycles. The van der Waals surface area contributed by atoms with E-state index in [2.05, 4.69) is 5.32 Å². The Hall–Kier alpha value is -2.55. The fourth-order valence-electron chi connectivity index (χ4n) is 3.22. The Morgan fingerprint density at radius 1 is 0.931 bits per heavy atom. The van der Waals surface area contributed by atoms with Crippen LogP contribution in [0.3, 0.4) is 0 Å². The summed E-state index contributed by atoms with van der Waals surface area (Å²) in [4.78, 5) is 11.8. The zero-order chi connectivity index (χ0) is 21.2. The Bertz CT molecular complexity index is 831. The Labute approximate surface area is 162 Å². The molecule has 0 saturated carbocycles. The van der Waals surface area contributed by atoms with Gasteiger partial charge in [0.1, 0.15) is 0 Å². The summed E-state index contributed by atoms with van der Waals surface area (Å²) in [5.41, 5.74) is -2.27. The lowest BCUT2D eigenvalue weighted by Gasteiger charge is -2.32. The number of benzene rings is 2. The van der Waals surface area contributed by atoms with Crippen LogP contribution in [0.15, 0.2) is 48.5 Å². The second-order valence-corrected chi connectivity index (χ2v) is 6.76. The van der Waals surface area contributed by atoms with Crippen molar-refractivity contribution in [1.82, 2.24) is 5.32 Å². The van der Waals surface area contributed by atoms with Crippen LogP contribution in [0, 0.1) is 0 Å².